The zero-order valence-corrected chi connectivity index (χ0v) is 12.1. The van der Waals surface area contributed by atoms with E-state index in [-0.39, 0.29) is 6.61 Å². The predicted molar refractivity (Wildman–Crippen MR) is 77.1 cm³/mol. The predicted octanol–water partition coefficient (Wildman–Crippen LogP) is 3.96. The van der Waals surface area contributed by atoms with Gasteiger partial charge in [-0.15, -0.1) is 11.6 Å². The number of aryl methyl sites for hydroxylation is 1. The van der Waals surface area contributed by atoms with Crippen molar-refractivity contribution in [2.75, 3.05) is 0 Å². The largest absolute Gasteiger partial charge is 0.471 e. The minimum Gasteiger partial charge on any atom is -0.471 e. The van der Waals surface area contributed by atoms with Gasteiger partial charge in [-0.1, -0.05) is 0 Å². The van der Waals surface area contributed by atoms with Crippen molar-refractivity contribution < 1.29 is 13.6 Å². The Bertz CT molecular complexity index is 722. The summed E-state index contributed by atoms with van der Waals surface area (Å²) >= 11 is 5.78. The van der Waals surface area contributed by atoms with Crippen molar-refractivity contribution in [1.82, 2.24) is 9.97 Å². The highest BCUT2D eigenvalue weighted by atomic mass is 35.5. The van der Waals surface area contributed by atoms with Crippen LogP contribution in [0, 0.1) is 6.92 Å². The maximum atomic E-state index is 5.78. The Kier molecular flexibility index (Phi) is 3.92. The molecule has 0 aromatic carbocycles. The van der Waals surface area contributed by atoms with Crippen molar-refractivity contribution in [2.45, 2.75) is 19.4 Å². The SMILES string of the molecule is Cc1oc(-c2ccco2)nc1COc1cc(CCl)ccn1. The average Bonchev–Trinajstić information content (AvgIpc) is 3.15. The van der Waals surface area contributed by atoms with E-state index in [2.05, 4.69) is 9.97 Å². The lowest BCUT2D eigenvalue weighted by Crippen LogP contribution is -1.99. The third-order valence-corrected chi connectivity index (χ3v) is 3.24. The van der Waals surface area contributed by atoms with Crippen LogP contribution in [0.25, 0.3) is 11.7 Å². The lowest BCUT2D eigenvalue weighted by atomic mass is 10.3. The molecule has 0 radical (unpaired) electrons. The lowest BCUT2D eigenvalue weighted by molar-refractivity contribution is 0.287. The van der Waals surface area contributed by atoms with Crippen LogP contribution in [-0.4, -0.2) is 9.97 Å². The van der Waals surface area contributed by atoms with E-state index in [4.69, 9.17) is 25.2 Å². The Hall–Kier alpha value is -2.27. The summed E-state index contributed by atoms with van der Waals surface area (Å²) in [7, 11) is 0. The second-order valence-electron chi connectivity index (χ2n) is 4.42. The fraction of sp³-hybridized carbons (Fsp3) is 0.200. The van der Waals surface area contributed by atoms with Crippen molar-refractivity contribution in [3.05, 3.63) is 53.7 Å². The van der Waals surface area contributed by atoms with E-state index >= 15 is 0 Å². The average molecular weight is 305 g/mol. The van der Waals surface area contributed by atoms with Crippen LogP contribution < -0.4 is 4.74 Å². The number of alkyl halides is 1. The van der Waals surface area contributed by atoms with E-state index in [9.17, 15) is 0 Å². The van der Waals surface area contributed by atoms with Gasteiger partial charge in [-0.05, 0) is 30.7 Å². The summed E-state index contributed by atoms with van der Waals surface area (Å²) in [5, 5.41) is 0. The van der Waals surface area contributed by atoms with Crippen LogP contribution in [0.1, 0.15) is 17.0 Å². The van der Waals surface area contributed by atoms with Crippen molar-refractivity contribution in [3.8, 4) is 17.5 Å². The maximum Gasteiger partial charge on any atom is 0.263 e. The summed E-state index contributed by atoms with van der Waals surface area (Å²) in [5.41, 5.74) is 1.66. The Morgan fingerprint density at radius 3 is 3.00 bits per heavy atom. The summed E-state index contributed by atoms with van der Waals surface area (Å²) in [5.74, 6) is 2.65. The number of oxazole rings is 1. The van der Waals surface area contributed by atoms with Gasteiger partial charge in [-0.2, -0.15) is 0 Å². The molecule has 5 nitrogen and oxygen atoms in total. The molecule has 0 saturated carbocycles. The topological polar surface area (TPSA) is 61.3 Å². The molecule has 3 heterocycles. The van der Waals surface area contributed by atoms with E-state index in [1.807, 2.05) is 13.0 Å². The number of ether oxygens (including phenoxy) is 1. The fourth-order valence-electron chi connectivity index (χ4n) is 1.82. The van der Waals surface area contributed by atoms with Crippen molar-refractivity contribution in [2.24, 2.45) is 0 Å². The summed E-state index contributed by atoms with van der Waals surface area (Å²) < 4.78 is 16.4. The Labute approximate surface area is 126 Å². The van der Waals surface area contributed by atoms with Gasteiger partial charge < -0.3 is 13.6 Å². The number of furan rings is 1. The van der Waals surface area contributed by atoms with Crippen LogP contribution in [0.2, 0.25) is 0 Å². The molecule has 0 bridgehead atoms. The van der Waals surface area contributed by atoms with Crippen LogP contribution >= 0.6 is 11.6 Å². The second kappa shape index (κ2) is 6.01. The van der Waals surface area contributed by atoms with Gasteiger partial charge in [-0.25, -0.2) is 9.97 Å². The molecule has 0 aliphatic heterocycles. The van der Waals surface area contributed by atoms with Gasteiger partial charge in [0.25, 0.3) is 5.89 Å². The molecule has 3 aromatic heterocycles. The van der Waals surface area contributed by atoms with Gasteiger partial charge in [0.05, 0.1) is 6.26 Å². The minimum atomic E-state index is 0.273. The Morgan fingerprint density at radius 1 is 1.33 bits per heavy atom. The first-order valence-corrected chi connectivity index (χ1v) is 6.93. The van der Waals surface area contributed by atoms with Gasteiger partial charge in [0, 0.05) is 18.1 Å². The van der Waals surface area contributed by atoms with Crippen LogP contribution in [0.5, 0.6) is 5.88 Å². The van der Waals surface area contributed by atoms with Crippen LogP contribution in [0.15, 0.2) is 45.6 Å². The number of aromatic nitrogens is 2. The summed E-state index contributed by atoms with van der Waals surface area (Å²) in [4.78, 5) is 8.50. The number of hydrogen-bond acceptors (Lipinski definition) is 5. The van der Waals surface area contributed by atoms with E-state index < -0.39 is 0 Å². The zero-order chi connectivity index (χ0) is 14.7. The maximum absolute atomic E-state index is 5.78. The van der Waals surface area contributed by atoms with Gasteiger partial charge >= 0.3 is 0 Å². The second-order valence-corrected chi connectivity index (χ2v) is 4.69. The third-order valence-electron chi connectivity index (χ3n) is 2.93. The first-order chi connectivity index (χ1) is 10.3. The van der Waals surface area contributed by atoms with Gasteiger partial charge in [0.15, 0.2) is 5.76 Å². The molecule has 0 aliphatic rings. The molecule has 0 unspecified atom stereocenters. The first-order valence-electron chi connectivity index (χ1n) is 6.40. The molecule has 6 heteroatoms. The normalized spacial score (nSPS) is 10.8. The highest BCUT2D eigenvalue weighted by Crippen LogP contribution is 2.23. The Balaban J connectivity index is 1.73. The number of nitrogens with zero attached hydrogens (tertiary/aromatic N) is 2. The van der Waals surface area contributed by atoms with Gasteiger partial charge in [0.2, 0.25) is 5.88 Å². The molecule has 0 aliphatic carbocycles. The van der Waals surface area contributed by atoms with E-state index in [0.29, 0.717) is 34.9 Å². The van der Waals surface area contributed by atoms with Crippen molar-refractivity contribution >= 4 is 11.6 Å². The molecule has 0 amide bonds. The smallest absolute Gasteiger partial charge is 0.263 e. The quantitative estimate of drug-likeness (QED) is 0.668. The highest BCUT2D eigenvalue weighted by Gasteiger charge is 2.14. The molecule has 0 fully saturated rings. The number of halogens is 1. The van der Waals surface area contributed by atoms with E-state index in [1.54, 1.807) is 30.7 Å². The fourth-order valence-corrected chi connectivity index (χ4v) is 1.99. The molecule has 3 rings (SSSR count). The molecule has 108 valence electrons. The summed E-state index contributed by atoms with van der Waals surface area (Å²) in [6.45, 7) is 2.11. The molecule has 0 saturated heterocycles. The molecule has 0 spiro atoms. The van der Waals surface area contributed by atoms with Gasteiger partial charge in [0.1, 0.15) is 18.1 Å². The van der Waals surface area contributed by atoms with Crippen molar-refractivity contribution in [1.29, 1.82) is 0 Å². The zero-order valence-electron chi connectivity index (χ0n) is 11.4. The van der Waals surface area contributed by atoms with Crippen LogP contribution in [0.4, 0.5) is 0 Å². The third kappa shape index (κ3) is 3.08. The van der Waals surface area contributed by atoms with Crippen LogP contribution in [0.3, 0.4) is 0 Å². The molecular formula is C15H13ClN2O3. The minimum absolute atomic E-state index is 0.273. The first kappa shape index (κ1) is 13.7. The Morgan fingerprint density at radius 2 is 2.24 bits per heavy atom. The van der Waals surface area contributed by atoms with Crippen molar-refractivity contribution in [3.63, 3.8) is 0 Å². The number of pyridine rings is 1. The van der Waals surface area contributed by atoms with Gasteiger partial charge in [-0.3, -0.25) is 0 Å². The van der Waals surface area contributed by atoms with E-state index in [1.165, 1.54) is 0 Å². The molecule has 0 atom stereocenters. The number of hydrogen-bond donors (Lipinski definition) is 0. The van der Waals surface area contributed by atoms with E-state index in [0.717, 1.165) is 5.56 Å². The molecular weight excluding hydrogens is 292 g/mol. The van der Waals surface area contributed by atoms with Crippen LogP contribution in [-0.2, 0) is 12.5 Å². The monoisotopic (exact) mass is 304 g/mol. The molecule has 21 heavy (non-hydrogen) atoms. The number of rotatable bonds is 5. The lowest BCUT2D eigenvalue weighted by Gasteiger charge is -2.04. The molecule has 0 N–H and O–H groups in total. The molecule has 3 aromatic rings. The highest BCUT2D eigenvalue weighted by molar-refractivity contribution is 6.17. The standard InChI is InChI=1S/C15H13ClN2O3/c1-10-12(18-15(21-10)13-3-2-6-19-13)9-20-14-7-11(8-16)4-5-17-14/h2-7H,8-9H2,1H3. The summed E-state index contributed by atoms with van der Waals surface area (Å²) in [6.07, 6.45) is 3.24. The summed E-state index contributed by atoms with van der Waals surface area (Å²) in [6, 6.07) is 7.22.